The molecule has 2 heterocycles. The first-order valence-corrected chi connectivity index (χ1v) is 10.9. The Morgan fingerprint density at radius 3 is 2.67 bits per heavy atom. The molecule has 0 radical (unpaired) electrons. The van der Waals surface area contributed by atoms with Crippen molar-refractivity contribution in [3.63, 3.8) is 0 Å². The summed E-state index contributed by atoms with van der Waals surface area (Å²) in [7, 11) is -3.43. The molecule has 0 bridgehead atoms. The molecular formula is C19H25N3O4S. The molecule has 2 aromatic rings. The lowest BCUT2D eigenvalue weighted by molar-refractivity contribution is 0.0719. The molecule has 1 aliphatic carbocycles. The predicted octanol–water partition coefficient (Wildman–Crippen LogP) is 2.09. The Balaban J connectivity index is 1.30. The minimum atomic E-state index is -3.43. The largest absolute Gasteiger partial charge is 0.490 e. The molecule has 0 unspecified atom stereocenters. The molecule has 1 aromatic heterocycles. The molecule has 4 rings (SSSR count). The van der Waals surface area contributed by atoms with Crippen LogP contribution in [0.25, 0.3) is 10.9 Å². The number of pyridine rings is 1. The number of aromatic nitrogens is 1. The molecule has 146 valence electrons. The molecule has 8 heteroatoms. The van der Waals surface area contributed by atoms with Crippen LogP contribution in [0.3, 0.4) is 0 Å². The van der Waals surface area contributed by atoms with Gasteiger partial charge >= 0.3 is 0 Å². The highest BCUT2D eigenvalue weighted by Gasteiger charge is 2.30. The second kappa shape index (κ2) is 8.10. The predicted molar refractivity (Wildman–Crippen MR) is 103 cm³/mol. The molecular weight excluding hydrogens is 366 g/mol. The van der Waals surface area contributed by atoms with E-state index in [-0.39, 0.29) is 12.1 Å². The van der Waals surface area contributed by atoms with Crippen LogP contribution in [0.4, 0.5) is 0 Å². The zero-order valence-corrected chi connectivity index (χ0v) is 16.0. The van der Waals surface area contributed by atoms with E-state index in [1.54, 1.807) is 6.20 Å². The first-order chi connectivity index (χ1) is 13.1. The highest BCUT2D eigenvalue weighted by molar-refractivity contribution is 7.87. The van der Waals surface area contributed by atoms with Gasteiger partial charge < -0.3 is 9.47 Å². The number of nitrogens with zero attached hydrogens (tertiary/aromatic N) is 2. The van der Waals surface area contributed by atoms with E-state index in [4.69, 9.17) is 9.47 Å². The van der Waals surface area contributed by atoms with Crippen molar-refractivity contribution in [1.82, 2.24) is 14.0 Å². The van der Waals surface area contributed by atoms with E-state index in [1.807, 2.05) is 30.3 Å². The fourth-order valence-corrected chi connectivity index (χ4v) is 5.13. The van der Waals surface area contributed by atoms with Gasteiger partial charge in [0.2, 0.25) is 0 Å². The third-order valence-electron chi connectivity index (χ3n) is 5.18. The zero-order chi connectivity index (χ0) is 18.7. The highest BCUT2D eigenvalue weighted by atomic mass is 32.2. The van der Waals surface area contributed by atoms with E-state index in [0.717, 1.165) is 42.3 Å². The molecule has 27 heavy (non-hydrogen) atoms. The number of benzene rings is 1. The summed E-state index contributed by atoms with van der Waals surface area (Å²) in [5.41, 5.74) is 0.950. The van der Waals surface area contributed by atoms with Gasteiger partial charge in [0, 0.05) is 30.7 Å². The Labute approximate surface area is 159 Å². The van der Waals surface area contributed by atoms with Gasteiger partial charge in [0.1, 0.15) is 5.75 Å². The first kappa shape index (κ1) is 18.6. The summed E-state index contributed by atoms with van der Waals surface area (Å²) in [6.45, 7) is 1.76. The van der Waals surface area contributed by atoms with Crippen LogP contribution in [0.2, 0.25) is 0 Å². The van der Waals surface area contributed by atoms with Gasteiger partial charge in [0.25, 0.3) is 10.2 Å². The van der Waals surface area contributed by atoms with E-state index in [9.17, 15) is 8.42 Å². The molecule has 0 spiro atoms. The summed E-state index contributed by atoms with van der Waals surface area (Å²) in [5, 5.41) is 1.06. The van der Waals surface area contributed by atoms with Crippen LogP contribution >= 0.6 is 0 Å². The Hall–Kier alpha value is -1.74. The lowest BCUT2D eigenvalue weighted by Gasteiger charge is -2.32. The summed E-state index contributed by atoms with van der Waals surface area (Å²) >= 11 is 0. The van der Waals surface area contributed by atoms with Crippen molar-refractivity contribution in [1.29, 1.82) is 0 Å². The number of morpholine rings is 1. The van der Waals surface area contributed by atoms with Crippen LogP contribution in [0.5, 0.6) is 5.75 Å². The maximum atomic E-state index is 12.5. The van der Waals surface area contributed by atoms with Gasteiger partial charge in [-0.15, -0.1) is 0 Å². The topological polar surface area (TPSA) is 80.8 Å². The second-order valence-electron chi connectivity index (χ2n) is 7.08. The van der Waals surface area contributed by atoms with Crippen LogP contribution in [0, 0.1) is 0 Å². The molecule has 7 nitrogen and oxygen atoms in total. The summed E-state index contributed by atoms with van der Waals surface area (Å²) < 4.78 is 40.6. The van der Waals surface area contributed by atoms with Gasteiger partial charge in [-0.3, -0.25) is 4.98 Å². The van der Waals surface area contributed by atoms with Crippen molar-refractivity contribution >= 4 is 21.1 Å². The van der Waals surface area contributed by atoms with E-state index < -0.39 is 10.2 Å². The maximum absolute atomic E-state index is 12.5. The lowest BCUT2D eigenvalue weighted by Crippen LogP contribution is -2.50. The second-order valence-corrected chi connectivity index (χ2v) is 8.79. The SMILES string of the molecule is O=S(=O)(NC1CCC(Oc2ccc3ncccc3c2)CC1)N1CCOCC1. The van der Waals surface area contributed by atoms with E-state index in [0.29, 0.717) is 26.3 Å². The van der Waals surface area contributed by atoms with Crippen LogP contribution in [-0.2, 0) is 14.9 Å². The van der Waals surface area contributed by atoms with Crippen molar-refractivity contribution in [3.8, 4) is 5.75 Å². The van der Waals surface area contributed by atoms with Crippen molar-refractivity contribution in [2.24, 2.45) is 0 Å². The van der Waals surface area contributed by atoms with Gasteiger partial charge in [-0.25, -0.2) is 0 Å². The van der Waals surface area contributed by atoms with Crippen LogP contribution < -0.4 is 9.46 Å². The van der Waals surface area contributed by atoms with E-state index in [1.165, 1.54) is 4.31 Å². The third kappa shape index (κ3) is 4.57. The molecule has 1 aromatic carbocycles. The average molecular weight is 391 g/mol. The normalized spacial score (nSPS) is 24.7. The quantitative estimate of drug-likeness (QED) is 0.844. The van der Waals surface area contributed by atoms with Crippen molar-refractivity contribution in [2.45, 2.75) is 37.8 Å². The standard InChI is InChI=1S/C19H25N3O4S/c23-27(24,22-10-12-25-13-11-22)21-16-3-5-17(6-4-16)26-18-7-8-19-15(14-18)2-1-9-20-19/h1-2,7-9,14,16-17,21H,3-6,10-13H2. The molecule has 2 aliphatic rings. The molecule has 1 saturated heterocycles. The Bertz CT molecular complexity index is 875. The average Bonchev–Trinajstić information content (AvgIpc) is 2.70. The molecule has 1 aliphatic heterocycles. The maximum Gasteiger partial charge on any atom is 0.279 e. The van der Waals surface area contributed by atoms with Crippen LogP contribution in [0.1, 0.15) is 25.7 Å². The zero-order valence-electron chi connectivity index (χ0n) is 15.2. The van der Waals surface area contributed by atoms with Gasteiger partial charge in [-0.2, -0.15) is 17.4 Å². The van der Waals surface area contributed by atoms with Crippen molar-refractivity contribution in [2.75, 3.05) is 26.3 Å². The minimum Gasteiger partial charge on any atom is -0.490 e. The fraction of sp³-hybridized carbons (Fsp3) is 0.526. The van der Waals surface area contributed by atoms with E-state index in [2.05, 4.69) is 9.71 Å². The summed E-state index contributed by atoms with van der Waals surface area (Å²) in [6, 6.07) is 9.83. The number of fused-ring (bicyclic) bond motifs is 1. The molecule has 1 N–H and O–H groups in total. The van der Waals surface area contributed by atoms with Gasteiger partial charge in [-0.1, -0.05) is 6.07 Å². The molecule has 0 atom stereocenters. The Morgan fingerprint density at radius 1 is 1.11 bits per heavy atom. The first-order valence-electron chi connectivity index (χ1n) is 9.47. The van der Waals surface area contributed by atoms with Gasteiger partial charge in [-0.05, 0) is 49.9 Å². The lowest BCUT2D eigenvalue weighted by atomic mass is 9.93. The Kier molecular flexibility index (Phi) is 5.58. The van der Waals surface area contributed by atoms with Gasteiger partial charge in [0.05, 0.1) is 24.8 Å². The number of rotatable bonds is 5. The van der Waals surface area contributed by atoms with Crippen molar-refractivity contribution in [3.05, 3.63) is 36.5 Å². The smallest absolute Gasteiger partial charge is 0.279 e. The summed E-state index contributed by atoms with van der Waals surface area (Å²) in [4.78, 5) is 4.32. The summed E-state index contributed by atoms with van der Waals surface area (Å²) in [5.74, 6) is 0.841. The molecule has 1 saturated carbocycles. The number of nitrogens with one attached hydrogen (secondary N) is 1. The number of hydrogen-bond acceptors (Lipinski definition) is 5. The monoisotopic (exact) mass is 391 g/mol. The Morgan fingerprint density at radius 2 is 1.89 bits per heavy atom. The fourth-order valence-electron chi connectivity index (χ4n) is 3.69. The van der Waals surface area contributed by atoms with Crippen LogP contribution in [0.15, 0.2) is 36.5 Å². The van der Waals surface area contributed by atoms with Gasteiger partial charge in [0.15, 0.2) is 0 Å². The molecule has 2 fully saturated rings. The number of ether oxygens (including phenoxy) is 2. The van der Waals surface area contributed by atoms with Crippen molar-refractivity contribution < 1.29 is 17.9 Å². The third-order valence-corrected chi connectivity index (χ3v) is 6.85. The van der Waals surface area contributed by atoms with E-state index >= 15 is 0 Å². The molecule has 0 amide bonds. The highest BCUT2D eigenvalue weighted by Crippen LogP contribution is 2.26. The summed E-state index contributed by atoms with van der Waals surface area (Å²) in [6.07, 6.45) is 5.13. The van der Waals surface area contributed by atoms with Crippen LogP contribution in [-0.4, -0.2) is 56.2 Å². The number of hydrogen-bond donors (Lipinski definition) is 1. The minimum absolute atomic E-state index is 0.0292.